The van der Waals surface area contributed by atoms with Gasteiger partial charge in [-0.05, 0) is 23.6 Å². The molecule has 6 heteroatoms. The lowest BCUT2D eigenvalue weighted by Crippen LogP contribution is -2.41. The second-order valence-electron chi connectivity index (χ2n) is 5.52. The van der Waals surface area contributed by atoms with Crippen LogP contribution in [-0.4, -0.2) is 30.3 Å². The molecule has 2 atom stereocenters. The third-order valence-electron chi connectivity index (χ3n) is 3.91. The van der Waals surface area contributed by atoms with Crippen molar-refractivity contribution in [1.29, 1.82) is 0 Å². The summed E-state index contributed by atoms with van der Waals surface area (Å²) < 4.78 is 12.2. The highest BCUT2D eigenvalue weighted by atomic mass is 79.9. The first-order valence-corrected chi connectivity index (χ1v) is 8.36. The number of hydrogen-bond acceptors (Lipinski definition) is 4. The van der Waals surface area contributed by atoms with E-state index in [1.165, 1.54) is 0 Å². The van der Waals surface area contributed by atoms with Crippen LogP contribution in [-0.2, 0) is 11.3 Å². The number of hydrogen-bond donors (Lipinski definition) is 2. The first-order chi connectivity index (χ1) is 10.5. The smallest absolute Gasteiger partial charge is 0.320 e. The van der Waals surface area contributed by atoms with Crippen LogP contribution >= 0.6 is 15.9 Å². The zero-order valence-electron chi connectivity index (χ0n) is 12.9. The Morgan fingerprint density at radius 3 is 2.59 bits per heavy atom. The maximum absolute atomic E-state index is 11.4. The van der Waals surface area contributed by atoms with Crippen LogP contribution in [0.4, 0.5) is 0 Å². The third kappa shape index (κ3) is 4.14. The van der Waals surface area contributed by atoms with Crippen molar-refractivity contribution in [2.24, 2.45) is 5.92 Å². The molecule has 0 saturated heterocycles. The van der Waals surface area contributed by atoms with Crippen molar-refractivity contribution in [3.63, 3.8) is 0 Å². The summed E-state index contributed by atoms with van der Waals surface area (Å²) in [6, 6.07) is 3.23. The van der Waals surface area contributed by atoms with E-state index in [-0.39, 0.29) is 5.92 Å². The molecule has 5 nitrogen and oxygen atoms in total. The molecule has 1 aromatic carbocycles. The number of halogens is 1. The van der Waals surface area contributed by atoms with Gasteiger partial charge in [0.15, 0.2) is 11.5 Å². The monoisotopic (exact) mass is 371 g/mol. The number of fused-ring (bicyclic) bond motifs is 1. The summed E-state index contributed by atoms with van der Waals surface area (Å²) in [5.74, 6) is 0.689. The highest BCUT2D eigenvalue weighted by Crippen LogP contribution is 2.35. The Morgan fingerprint density at radius 1 is 1.36 bits per heavy atom. The van der Waals surface area contributed by atoms with Crippen LogP contribution in [0.5, 0.6) is 11.5 Å². The van der Waals surface area contributed by atoms with E-state index < -0.39 is 12.0 Å². The van der Waals surface area contributed by atoms with Gasteiger partial charge in [0.2, 0.25) is 0 Å². The number of carboxylic acid groups (broad SMARTS) is 1. The van der Waals surface area contributed by atoms with Crippen molar-refractivity contribution in [3.05, 3.63) is 22.2 Å². The van der Waals surface area contributed by atoms with Gasteiger partial charge in [-0.25, -0.2) is 0 Å². The summed E-state index contributed by atoms with van der Waals surface area (Å²) in [5, 5.41) is 12.5. The molecule has 1 aromatic rings. The zero-order valence-corrected chi connectivity index (χ0v) is 14.5. The van der Waals surface area contributed by atoms with E-state index in [0.717, 1.165) is 28.6 Å². The van der Waals surface area contributed by atoms with Crippen LogP contribution in [0.2, 0.25) is 0 Å². The number of carboxylic acids is 1. The molecule has 1 aliphatic rings. The molecule has 0 aliphatic carbocycles. The summed E-state index contributed by atoms with van der Waals surface area (Å²) in [4.78, 5) is 11.4. The first-order valence-electron chi connectivity index (χ1n) is 7.57. The lowest BCUT2D eigenvalue weighted by atomic mass is 9.99. The van der Waals surface area contributed by atoms with E-state index in [2.05, 4.69) is 21.2 Å². The molecule has 2 N–H and O–H groups in total. The van der Waals surface area contributed by atoms with Gasteiger partial charge in [-0.2, -0.15) is 0 Å². The fourth-order valence-electron chi connectivity index (χ4n) is 2.35. The minimum Gasteiger partial charge on any atom is -0.490 e. The number of nitrogens with one attached hydrogen (secondary N) is 1. The number of benzene rings is 1. The molecule has 0 saturated carbocycles. The minimum atomic E-state index is -0.820. The van der Waals surface area contributed by atoms with Crippen LogP contribution < -0.4 is 14.8 Å². The Kier molecular flexibility index (Phi) is 6.08. The largest absolute Gasteiger partial charge is 0.490 e. The quantitative estimate of drug-likeness (QED) is 0.803. The van der Waals surface area contributed by atoms with Gasteiger partial charge >= 0.3 is 5.97 Å². The van der Waals surface area contributed by atoms with Gasteiger partial charge < -0.3 is 19.9 Å². The molecule has 0 fully saturated rings. The Bertz CT molecular complexity index is 535. The maximum Gasteiger partial charge on any atom is 0.320 e. The van der Waals surface area contributed by atoms with Crippen molar-refractivity contribution in [2.75, 3.05) is 13.2 Å². The first kappa shape index (κ1) is 17.1. The lowest BCUT2D eigenvalue weighted by Gasteiger charge is -2.21. The van der Waals surface area contributed by atoms with Gasteiger partial charge in [-0.1, -0.05) is 36.2 Å². The average Bonchev–Trinajstić information content (AvgIpc) is 2.71. The zero-order chi connectivity index (χ0) is 16.1. The summed E-state index contributed by atoms with van der Waals surface area (Å²) >= 11 is 3.52. The van der Waals surface area contributed by atoms with E-state index in [0.29, 0.717) is 25.5 Å². The second kappa shape index (κ2) is 7.83. The van der Waals surface area contributed by atoms with Crippen molar-refractivity contribution in [2.45, 2.75) is 39.3 Å². The van der Waals surface area contributed by atoms with Gasteiger partial charge in [-0.15, -0.1) is 0 Å². The third-order valence-corrected chi connectivity index (χ3v) is 4.65. The molecule has 1 aliphatic heterocycles. The van der Waals surface area contributed by atoms with Crippen molar-refractivity contribution >= 4 is 21.9 Å². The molecule has 0 spiro atoms. The van der Waals surface area contributed by atoms with Crippen LogP contribution in [0.15, 0.2) is 16.6 Å². The van der Waals surface area contributed by atoms with Gasteiger partial charge in [0, 0.05) is 17.4 Å². The molecule has 1 heterocycles. The topological polar surface area (TPSA) is 67.8 Å². The molecular weight excluding hydrogens is 350 g/mol. The molecule has 0 amide bonds. The number of aliphatic carboxylic acids is 1. The molecule has 0 aromatic heterocycles. The number of rotatable bonds is 6. The Balaban J connectivity index is 2.12. The highest BCUT2D eigenvalue weighted by Gasteiger charge is 2.23. The van der Waals surface area contributed by atoms with Gasteiger partial charge in [0.05, 0.1) is 13.2 Å². The predicted octanol–water partition coefficient (Wildman–Crippen LogP) is 3.20. The average molecular weight is 372 g/mol. The van der Waals surface area contributed by atoms with Crippen LogP contribution in [0.3, 0.4) is 0 Å². The fraction of sp³-hybridized carbons (Fsp3) is 0.562. The van der Waals surface area contributed by atoms with Crippen LogP contribution in [0, 0.1) is 5.92 Å². The van der Waals surface area contributed by atoms with Crippen LogP contribution in [0.1, 0.15) is 32.3 Å². The van der Waals surface area contributed by atoms with E-state index in [1.807, 2.05) is 26.0 Å². The standard InChI is InChI=1S/C16H22BrNO4/c1-3-10(2)15(16(19)20)18-9-11-7-13-14(8-12(11)17)22-6-4-5-21-13/h7-8,10,15,18H,3-6,9H2,1-2H3,(H,19,20)/t10-,15-/m0/s1. The number of carbonyl (C=O) groups is 1. The minimum absolute atomic E-state index is 0.0664. The highest BCUT2D eigenvalue weighted by molar-refractivity contribution is 9.10. The summed E-state index contributed by atoms with van der Waals surface area (Å²) in [6.45, 7) is 5.66. The molecule has 0 radical (unpaired) electrons. The fourth-order valence-corrected chi connectivity index (χ4v) is 2.81. The maximum atomic E-state index is 11.4. The Labute approximate surface area is 139 Å². The van der Waals surface area contributed by atoms with E-state index in [4.69, 9.17) is 9.47 Å². The van der Waals surface area contributed by atoms with Crippen molar-refractivity contribution < 1.29 is 19.4 Å². The van der Waals surface area contributed by atoms with Gasteiger partial charge in [0.1, 0.15) is 6.04 Å². The predicted molar refractivity (Wildman–Crippen MR) is 87.5 cm³/mol. The van der Waals surface area contributed by atoms with E-state index in [9.17, 15) is 9.90 Å². The molecule has 0 unspecified atom stereocenters. The van der Waals surface area contributed by atoms with E-state index >= 15 is 0 Å². The van der Waals surface area contributed by atoms with Crippen molar-refractivity contribution in [3.8, 4) is 11.5 Å². The SMILES string of the molecule is CC[C@H](C)[C@H](NCc1cc2c(cc1Br)OCCCO2)C(=O)O. The molecular formula is C16H22BrNO4. The molecule has 2 rings (SSSR count). The summed E-state index contributed by atoms with van der Waals surface area (Å²) in [6.07, 6.45) is 1.67. The lowest BCUT2D eigenvalue weighted by molar-refractivity contribution is -0.140. The normalized spacial score (nSPS) is 16.7. The molecule has 22 heavy (non-hydrogen) atoms. The Morgan fingerprint density at radius 2 is 2.00 bits per heavy atom. The van der Waals surface area contributed by atoms with Gasteiger partial charge in [-0.3, -0.25) is 4.79 Å². The number of ether oxygens (including phenoxy) is 2. The molecule has 0 bridgehead atoms. The van der Waals surface area contributed by atoms with E-state index in [1.54, 1.807) is 0 Å². The molecule has 122 valence electrons. The van der Waals surface area contributed by atoms with Crippen LogP contribution in [0.25, 0.3) is 0 Å². The van der Waals surface area contributed by atoms with Gasteiger partial charge in [0.25, 0.3) is 0 Å². The Hall–Kier alpha value is -1.27. The van der Waals surface area contributed by atoms with Crippen molar-refractivity contribution in [1.82, 2.24) is 5.32 Å². The second-order valence-corrected chi connectivity index (χ2v) is 6.38. The summed E-state index contributed by atoms with van der Waals surface area (Å²) in [7, 11) is 0. The summed E-state index contributed by atoms with van der Waals surface area (Å²) in [5.41, 5.74) is 0.957.